The van der Waals surface area contributed by atoms with Gasteiger partial charge in [0.2, 0.25) is 0 Å². The molecule has 1 aromatic heterocycles. The Hall–Kier alpha value is -3.88. The number of carbonyl (C=O) groups excluding carboxylic acids is 3. The maximum atomic E-state index is 14.2. The second kappa shape index (κ2) is 7.91. The van der Waals surface area contributed by atoms with Crippen LogP contribution in [-0.2, 0) is 19.8 Å². The van der Waals surface area contributed by atoms with E-state index in [1.54, 1.807) is 52.0 Å². The molecule has 3 amide bonds. The van der Waals surface area contributed by atoms with Crippen LogP contribution in [-0.4, -0.2) is 35.3 Å². The van der Waals surface area contributed by atoms with E-state index in [0.717, 1.165) is 4.90 Å². The van der Waals surface area contributed by atoms with E-state index in [2.05, 4.69) is 10.3 Å². The summed E-state index contributed by atoms with van der Waals surface area (Å²) in [7, 11) is 0. The topological polar surface area (TPSA) is 101 Å². The average molecular weight is 453 g/mol. The van der Waals surface area contributed by atoms with Gasteiger partial charge < -0.3 is 14.5 Å². The van der Waals surface area contributed by atoms with E-state index in [4.69, 9.17) is 9.47 Å². The summed E-state index contributed by atoms with van der Waals surface area (Å²) < 4.78 is 24.7. The smallest absolute Gasteiger partial charge is 0.421 e. The van der Waals surface area contributed by atoms with E-state index < -0.39 is 35.1 Å². The number of amides is 3. The number of halogens is 1. The number of anilines is 1. The minimum atomic E-state index is -1.86. The molecule has 9 heteroatoms. The summed E-state index contributed by atoms with van der Waals surface area (Å²) in [5, 5.41) is 3.03. The number of aromatic nitrogens is 1. The van der Waals surface area contributed by atoms with Gasteiger partial charge in [0.05, 0.1) is 12.3 Å². The Morgan fingerprint density at radius 2 is 1.88 bits per heavy atom. The van der Waals surface area contributed by atoms with Crippen molar-refractivity contribution in [1.29, 1.82) is 0 Å². The van der Waals surface area contributed by atoms with Crippen molar-refractivity contribution in [2.24, 2.45) is 0 Å². The van der Waals surface area contributed by atoms with Gasteiger partial charge in [-0.15, -0.1) is 0 Å². The van der Waals surface area contributed by atoms with Gasteiger partial charge in [-0.05, 0) is 52.0 Å². The SMILES string of the molecule is CCOC(=O)NC1(c2c[nH]c3ccc(F)cc23)C(=O)N(C(=O)OC(C)(C)C)c2ccccc21. The van der Waals surface area contributed by atoms with Crippen LogP contribution in [0.2, 0.25) is 0 Å². The molecule has 172 valence electrons. The number of hydrogen-bond donors (Lipinski definition) is 2. The van der Waals surface area contributed by atoms with Crippen molar-refractivity contribution in [2.45, 2.75) is 38.8 Å². The Kier molecular flexibility index (Phi) is 5.35. The number of carbonyl (C=O) groups is 3. The normalized spacial score (nSPS) is 17.7. The molecule has 33 heavy (non-hydrogen) atoms. The predicted molar refractivity (Wildman–Crippen MR) is 119 cm³/mol. The van der Waals surface area contributed by atoms with Gasteiger partial charge in [-0.2, -0.15) is 0 Å². The number of para-hydroxylation sites is 1. The van der Waals surface area contributed by atoms with Crippen LogP contribution in [0.15, 0.2) is 48.7 Å². The molecule has 4 rings (SSSR count). The molecule has 2 aromatic carbocycles. The van der Waals surface area contributed by atoms with E-state index in [1.165, 1.54) is 24.4 Å². The molecule has 1 aliphatic rings. The van der Waals surface area contributed by atoms with Gasteiger partial charge in [0.1, 0.15) is 11.4 Å². The number of hydrogen-bond acceptors (Lipinski definition) is 5. The molecule has 0 radical (unpaired) electrons. The fourth-order valence-corrected chi connectivity index (χ4v) is 4.04. The van der Waals surface area contributed by atoms with E-state index >= 15 is 0 Å². The fourth-order valence-electron chi connectivity index (χ4n) is 4.04. The van der Waals surface area contributed by atoms with Crippen molar-refractivity contribution in [2.75, 3.05) is 11.5 Å². The van der Waals surface area contributed by atoms with Crippen molar-refractivity contribution in [3.63, 3.8) is 0 Å². The number of alkyl carbamates (subject to hydrolysis) is 1. The summed E-state index contributed by atoms with van der Waals surface area (Å²) in [5.74, 6) is -1.28. The number of ether oxygens (including phenoxy) is 2. The monoisotopic (exact) mass is 453 g/mol. The van der Waals surface area contributed by atoms with Crippen LogP contribution in [0, 0.1) is 5.82 Å². The first-order chi connectivity index (χ1) is 15.6. The second-order valence-corrected chi connectivity index (χ2v) is 8.63. The maximum absolute atomic E-state index is 14.2. The van der Waals surface area contributed by atoms with Gasteiger partial charge in [0.15, 0.2) is 5.54 Å². The molecule has 0 saturated carbocycles. The van der Waals surface area contributed by atoms with Gasteiger partial charge in [-0.25, -0.2) is 18.9 Å². The maximum Gasteiger partial charge on any atom is 0.421 e. The summed E-state index contributed by atoms with van der Waals surface area (Å²) in [6, 6.07) is 10.6. The molecule has 0 spiro atoms. The summed E-state index contributed by atoms with van der Waals surface area (Å²) in [5.41, 5.74) is -1.31. The lowest BCUT2D eigenvalue weighted by Crippen LogP contribution is -2.55. The van der Waals surface area contributed by atoms with Gasteiger partial charge in [-0.3, -0.25) is 10.1 Å². The Morgan fingerprint density at radius 1 is 1.15 bits per heavy atom. The third-order valence-corrected chi connectivity index (χ3v) is 5.26. The van der Waals surface area contributed by atoms with Crippen molar-refractivity contribution < 1.29 is 28.2 Å². The molecule has 0 saturated heterocycles. The molecular formula is C24H24FN3O5. The van der Waals surface area contributed by atoms with Crippen LogP contribution in [0.3, 0.4) is 0 Å². The summed E-state index contributed by atoms with van der Waals surface area (Å²) in [4.78, 5) is 43.7. The molecule has 8 nitrogen and oxygen atoms in total. The van der Waals surface area contributed by atoms with Gasteiger partial charge in [0.25, 0.3) is 5.91 Å². The highest BCUT2D eigenvalue weighted by atomic mass is 19.1. The standard InChI is InChI=1S/C24H24FN3O5/c1-5-32-21(30)27-24(17-13-26-18-11-10-14(25)12-15(17)18)16-8-6-7-9-19(16)28(20(24)29)22(31)33-23(2,3)4/h6-13,26H,5H2,1-4H3,(H,27,30). The first-order valence-corrected chi connectivity index (χ1v) is 10.5. The molecule has 2 heterocycles. The van der Waals surface area contributed by atoms with Crippen molar-refractivity contribution >= 4 is 34.7 Å². The lowest BCUT2D eigenvalue weighted by Gasteiger charge is -2.30. The van der Waals surface area contributed by atoms with Crippen molar-refractivity contribution in [1.82, 2.24) is 10.3 Å². The second-order valence-electron chi connectivity index (χ2n) is 8.63. The summed E-state index contributed by atoms with van der Waals surface area (Å²) in [6.45, 7) is 6.75. The number of rotatable bonds is 3. The predicted octanol–water partition coefficient (Wildman–Crippen LogP) is 4.58. The molecule has 0 aliphatic carbocycles. The molecule has 3 aromatic rings. The summed E-state index contributed by atoms with van der Waals surface area (Å²) >= 11 is 0. The van der Waals surface area contributed by atoms with Gasteiger partial charge in [0, 0.05) is 28.2 Å². The highest BCUT2D eigenvalue weighted by Crippen LogP contribution is 2.47. The van der Waals surface area contributed by atoms with Gasteiger partial charge >= 0.3 is 12.2 Å². The molecular weight excluding hydrogens is 429 g/mol. The van der Waals surface area contributed by atoms with Crippen LogP contribution >= 0.6 is 0 Å². The molecule has 2 N–H and O–H groups in total. The van der Waals surface area contributed by atoms with Crippen LogP contribution in [0.25, 0.3) is 10.9 Å². The number of aromatic amines is 1. The van der Waals surface area contributed by atoms with Crippen molar-refractivity contribution in [3.05, 3.63) is 65.6 Å². The number of fused-ring (bicyclic) bond motifs is 2. The Bertz CT molecular complexity index is 1260. The highest BCUT2D eigenvalue weighted by molar-refractivity contribution is 6.23. The number of benzene rings is 2. The largest absolute Gasteiger partial charge is 0.450 e. The Morgan fingerprint density at radius 3 is 2.58 bits per heavy atom. The van der Waals surface area contributed by atoms with E-state index in [9.17, 15) is 18.8 Å². The van der Waals surface area contributed by atoms with Crippen LogP contribution in [0.4, 0.5) is 19.7 Å². The first-order valence-electron chi connectivity index (χ1n) is 10.5. The van der Waals surface area contributed by atoms with Gasteiger partial charge in [-0.1, -0.05) is 18.2 Å². The van der Waals surface area contributed by atoms with Crippen LogP contribution in [0.1, 0.15) is 38.8 Å². The zero-order valence-electron chi connectivity index (χ0n) is 18.7. The lowest BCUT2D eigenvalue weighted by molar-refractivity contribution is -0.122. The third-order valence-electron chi connectivity index (χ3n) is 5.26. The minimum absolute atomic E-state index is 0.0655. The molecule has 0 fully saturated rings. The summed E-state index contributed by atoms with van der Waals surface area (Å²) in [6.07, 6.45) is -0.236. The third kappa shape index (κ3) is 3.69. The average Bonchev–Trinajstić information content (AvgIpc) is 3.24. The number of H-pyrrole nitrogens is 1. The Balaban J connectivity index is 1.98. The zero-order chi connectivity index (χ0) is 24.0. The van der Waals surface area contributed by atoms with E-state index in [0.29, 0.717) is 16.5 Å². The van der Waals surface area contributed by atoms with E-state index in [-0.39, 0.29) is 17.9 Å². The quantitative estimate of drug-likeness (QED) is 0.605. The van der Waals surface area contributed by atoms with Crippen LogP contribution in [0.5, 0.6) is 0 Å². The molecule has 1 atom stereocenters. The lowest BCUT2D eigenvalue weighted by atomic mass is 9.83. The number of imide groups is 1. The molecule has 1 unspecified atom stereocenters. The highest BCUT2D eigenvalue weighted by Gasteiger charge is 2.57. The Labute approximate surface area is 189 Å². The fraction of sp³-hybridized carbons (Fsp3) is 0.292. The van der Waals surface area contributed by atoms with Crippen LogP contribution < -0.4 is 10.2 Å². The van der Waals surface area contributed by atoms with Crippen molar-refractivity contribution in [3.8, 4) is 0 Å². The minimum Gasteiger partial charge on any atom is -0.450 e. The number of nitrogens with one attached hydrogen (secondary N) is 2. The molecule has 0 bridgehead atoms. The zero-order valence-corrected chi connectivity index (χ0v) is 18.7. The van der Waals surface area contributed by atoms with E-state index in [1.807, 2.05) is 0 Å². The first kappa shape index (κ1) is 22.3. The molecule has 1 aliphatic heterocycles. The number of nitrogens with zero attached hydrogens (tertiary/aromatic N) is 1.